The number of nitrogens with one attached hydrogen (secondary N) is 1. The van der Waals surface area contributed by atoms with E-state index in [1.54, 1.807) is 13.1 Å². The molecule has 0 aliphatic carbocycles. The fourth-order valence-electron chi connectivity index (χ4n) is 2.25. The van der Waals surface area contributed by atoms with E-state index in [0.29, 0.717) is 11.3 Å². The monoisotopic (exact) mass is 344 g/mol. The maximum absolute atomic E-state index is 13.6. The number of carbonyl (C=O) groups excluding carboxylic acids is 1. The van der Waals surface area contributed by atoms with E-state index in [1.807, 2.05) is 30.3 Å². The summed E-state index contributed by atoms with van der Waals surface area (Å²) in [4.78, 5) is 12.2. The molecule has 0 unspecified atom stereocenters. The van der Waals surface area contributed by atoms with E-state index in [2.05, 4.69) is 15.6 Å². The second-order valence-electron chi connectivity index (χ2n) is 5.24. The van der Waals surface area contributed by atoms with Crippen molar-refractivity contribution in [1.82, 2.24) is 15.0 Å². The van der Waals surface area contributed by atoms with Gasteiger partial charge in [0.05, 0.1) is 16.9 Å². The molecule has 0 aliphatic heterocycles. The highest BCUT2D eigenvalue weighted by Crippen LogP contribution is 2.27. The largest absolute Gasteiger partial charge is 0.323 e. The average Bonchev–Trinajstić information content (AvgIpc) is 3.04. The lowest BCUT2D eigenvalue weighted by molar-refractivity contribution is -0.116. The van der Waals surface area contributed by atoms with Gasteiger partial charge in [0.1, 0.15) is 18.1 Å². The van der Waals surface area contributed by atoms with E-state index in [1.165, 1.54) is 16.8 Å². The Labute approximate surface area is 143 Å². The molecule has 3 aromatic rings. The van der Waals surface area contributed by atoms with Gasteiger partial charge in [-0.25, -0.2) is 9.07 Å². The van der Waals surface area contributed by atoms with Crippen LogP contribution in [0, 0.1) is 12.7 Å². The molecule has 0 bridgehead atoms. The van der Waals surface area contributed by atoms with Crippen LogP contribution >= 0.6 is 11.6 Å². The van der Waals surface area contributed by atoms with Crippen molar-refractivity contribution in [2.24, 2.45) is 0 Å². The first-order valence-electron chi connectivity index (χ1n) is 7.24. The van der Waals surface area contributed by atoms with Gasteiger partial charge in [0.25, 0.3) is 0 Å². The van der Waals surface area contributed by atoms with Gasteiger partial charge in [-0.05, 0) is 19.1 Å². The summed E-state index contributed by atoms with van der Waals surface area (Å²) >= 11 is 6.02. The zero-order valence-electron chi connectivity index (χ0n) is 12.8. The summed E-state index contributed by atoms with van der Waals surface area (Å²) in [6, 6.07) is 12.2. The molecule has 3 rings (SSSR count). The van der Waals surface area contributed by atoms with Crippen molar-refractivity contribution >= 4 is 23.2 Å². The second kappa shape index (κ2) is 6.80. The number of hydrogen-bond acceptors (Lipinski definition) is 3. The fourth-order valence-corrected chi connectivity index (χ4v) is 2.50. The maximum atomic E-state index is 13.6. The Hall–Kier alpha value is -2.73. The predicted molar refractivity (Wildman–Crippen MR) is 90.2 cm³/mol. The molecule has 0 fully saturated rings. The lowest BCUT2D eigenvalue weighted by Gasteiger charge is -2.10. The summed E-state index contributed by atoms with van der Waals surface area (Å²) in [5, 5.41) is 10.9. The standard InChI is InChI=1S/C17H14ClFN4O/c1-11-14(19)8-7-13(18)17(11)20-16(24)10-23-9-15(21-22-23)12-5-3-2-4-6-12/h2-9H,10H2,1H3,(H,20,24). The van der Waals surface area contributed by atoms with Crippen LogP contribution in [0.5, 0.6) is 0 Å². The Morgan fingerprint density at radius 3 is 2.75 bits per heavy atom. The highest BCUT2D eigenvalue weighted by atomic mass is 35.5. The molecule has 5 nitrogen and oxygen atoms in total. The number of hydrogen-bond donors (Lipinski definition) is 1. The molecule has 7 heteroatoms. The predicted octanol–water partition coefficient (Wildman–Crippen LogP) is 3.68. The number of rotatable bonds is 4. The van der Waals surface area contributed by atoms with Crippen molar-refractivity contribution in [3.63, 3.8) is 0 Å². The molecule has 122 valence electrons. The van der Waals surface area contributed by atoms with Crippen LogP contribution in [-0.4, -0.2) is 20.9 Å². The van der Waals surface area contributed by atoms with Gasteiger partial charge in [0.15, 0.2) is 0 Å². The second-order valence-corrected chi connectivity index (χ2v) is 5.65. The van der Waals surface area contributed by atoms with E-state index in [-0.39, 0.29) is 23.2 Å². The smallest absolute Gasteiger partial charge is 0.246 e. The van der Waals surface area contributed by atoms with Crippen LogP contribution in [0.2, 0.25) is 5.02 Å². The summed E-state index contributed by atoms with van der Waals surface area (Å²) in [7, 11) is 0. The SMILES string of the molecule is Cc1c(F)ccc(Cl)c1NC(=O)Cn1cc(-c2ccccc2)nn1. The first kappa shape index (κ1) is 16.1. The molecule has 0 saturated heterocycles. The average molecular weight is 345 g/mol. The van der Waals surface area contributed by atoms with Crippen molar-refractivity contribution in [1.29, 1.82) is 0 Å². The number of carbonyl (C=O) groups is 1. The summed E-state index contributed by atoms with van der Waals surface area (Å²) in [6.45, 7) is 1.51. The van der Waals surface area contributed by atoms with E-state index < -0.39 is 5.82 Å². The Bertz CT molecular complexity index is 880. The van der Waals surface area contributed by atoms with Gasteiger partial charge in [-0.3, -0.25) is 4.79 Å². The number of amides is 1. The van der Waals surface area contributed by atoms with E-state index >= 15 is 0 Å². The third kappa shape index (κ3) is 3.44. The molecule has 1 amide bonds. The number of halogens is 2. The summed E-state index contributed by atoms with van der Waals surface area (Å²) in [5.74, 6) is -0.795. The van der Waals surface area contributed by atoms with Gasteiger partial charge in [-0.2, -0.15) is 0 Å². The third-order valence-electron chi connectivity index (χ3n) is 3.53. The summed E-state index contributed by atoms with van der Waals surface area (Å²) < 4.78 is 15.0. The van der Waals surface area contributed by atoms with Gasteiger partial charge >= 0.3 is 0 Å². The molecule has 0 atom stereocenters. The number of aromatic nitrogens is 3. The van der Waals surface area contributed by atoms with Crippen molar-refractivity contribution in [3.05, 3.63) is 65.1 Å². The fraction of sp³-hybridized carbons (Fsp3) is 0.118. The molecule has 1 heterocycles. The van der Waals surface area contributed by atoms with Gasteiger partial charge in [0, 0.05) is 11.1 Å². The Morgan fingerprint density at radius 2 is 2.00 bits per heavy atom. The van der Waals surface area contributed by atoms with Crippen LogP contribution in [0.1, 0.15) is 5.56 Å². The van der Waals surface area contributed by atoms with E-state index in [4.69, 9.17) is 11.6 Å². The molecule has 0 spiro atoms. The zero-order chi connectivity index (χ0) is 17.1. The molecule has 0 saturated carbocycles. The first-order valence-corrected chi connectivity index (χ1v) is 7.62. The zero-order valence-corrected chi connectivity index (χ0v) is 13.6. The molecular formula is C17H14ClFN4O. The minimum Gasteiger partial charge on any atom is -0.323 e. The maximum Gasteiger partial charge on any atom is 0.246 e. The van der Waals surface area contributed by atoms with Gasteiger partial charge in [0.2, 0.25) is 5.91 Å². The van der Waals surface area contributed by atoms with Gasteiger partial charge < -0.3 is 5.32 Å². The van der Waals surface area contributed by atoms with Crippen molar-refractivity contribution in [3.8, 4) is 11.3 Å². The van der Waals surface area contributed by atoms with Crippen LogP contribution in [0.4, 0.5) is 10.1 Å². The summed E-state index contributed by atoms with van der Waals surface area (Å²) in [6.07, 6.45) is 1.68. The van der Waals surface area contributed by atoms with E-state index in [9.17, 15) is 9.18 Å². The highest BCUT2D eigenvalue weighted by molar-refractivity contribution is 6.33. The topological polar surface area (TPSA) is 59.8 Å². The minimum atomic E-state index is -0.429. The minimum absolute atomic E-state index is 0.0495. The van der Waals surface area contributed by atoms with Crippen LogP contribution in [0.3, 0.4) is 0 Å². The summed E-state index contributed by atoms with van der Waals surface area (Å²) in [5.41, 5.74) is 2.14. The van der Waals surface area contributed by atoms with Crippen LogP contribution in [0.25, 0.3) is 11.3 Å². The molecule has 1 aromatic heterocycles. The third-order valence-corrected chi connectivity index (χ3v) is 3.84. The lowest BCUT2D eigenvalue weighted by atomic mass is 10.2. The molecule has 0 aliphatic rings. The Kier molecular flexibility index (Phi) is 4.57. The van der Waals surface area contributed by atoms with Crippen molar-refractivity contribution in [2.45, 2.75) is 13.5 Å². The van der Waals surface area contributed by atoms with Gasteiger partial charge in [-0.1, -0.05) is 47.1 Å². The van der Waals surface area contributed by atoms with E-state index in [0.717, 1.165) is 5.56 Å². The lowest BCUT2D eigenvalue weighted by Crippen LogP contribution is -2.20. The van der Waals surface area contributed by atoms with Crippen molar-refractivity contribution < 1.29 is 9.18 Å². The van der Waals surface area contributed by atoms with Gasteiger partial charge in [-0.15, -0.1) is 5.10 Å². The normalized spacial score (nSPS) is 10.6. The molecule has 0 radical (unpaired) electrons. The Morgan fingerprint density at radius 1 is 1.25 bits per heavy atom. The van der Waals surface area contributed by atoms with Crippen LogP contribution in [0.15, 0.2) is 48.7 Å². The number of benzene rings is 2. The molecule has 2 aromatic carbocycles. The number of anilines is 1. The quantitative estimate of drug-likeness (QED) is 0.785. The molecule has 1 N–H and O–H groups in total. The number of nitrogens with zero attached hydrogens (tertiary/aromatic N) is 3. The van der Waals surface area contributed by atoms with Crippen LogP contribution in [-0.2, 0) is 11.3 Å². The van der Waals surface area contributed by atoms with Crippen molar-refractivity contribution in [2.75, 3.05) is 5.32 Å². The molecule has 24 heavy (non-hydrogen) atoms. The highest BCUT2D eigenvalue weighted by Gasteiger charge is 2.13. The first-order chi connectivity index (χ1) is 11.5. The molecular weight excluding hydrogens is 331 g/mol. The van der Waals surface area contributed by atoms with Crippen LogP contribution < -0.4 is 5.32 Å². The Balaban J connectivity index is 1.72.